The molecule has 0 atom stereocenters. The van der Waals surface area contributed by atoms with Crippen LogP contribution in [0.5, 0.6) is 0 Å². The standard InChI is InChI=1S/C13H23N3O4/c1-5-20-11(17)9-6-14-12(18)15-10(9)7-16(4)8-13(2,3)19/h19H,5-8H2,1-4H3,(H2,14,15,18). The maximum Gasteiger partial charge on any atom is 0.337 e. The van der Waals surface area contributed by atoms with Crippen LogP contribution in [0, 0.1) is 0 Å². The predicted octanol–water partition coefficient (Wildman–Crippen LogP) is -0.181. The molecule has 0 radical (unpaired) electrons. The van der Waals surface area contributed by atoms with Crippen LogP contribution < -0.4 is 10.6 Å². The van der Waals surface area contributed by atoms with E-state index in [1.165, 1.54) is 0 Å². The number of nitrogens with one attached hydrogen (secondary N) is 2. The molecule has 0 aromatic rings. The summed E-state index contributed by atoms with van der Waals surface area (Å²) in [5, 5.41) is 15.0. The Bertz CT molecular complexity index is 412. The highest BCUT2D eigenvalue weighted by Gasteiger charge is 2.25. The lowest BCUT2D eigenvalue weighted by molar-refractivity contribution is -0.138. The monoisotopic (exact) mass is 285 g/mol. The van der Waals surface area contributed by atoms with E-state index in [9.17, 15) is 14.7 Å². The summed E-state index contributed by atoms with van der Waals surface area (Å²) in [6.45, 7) is 6.32. The van der Waals surface area contributed by atoms with Crippen LogP contribution in [0.15, 0.2) is 11.3 Å². The van der Waals surface area contributed by atoms with Crippen LogP contribution in [0.3, 0.4) is 0 Å². The van der Waals surface area contributed by atoms with Gasteiger partial charge in [0.15, 0.2) is 0 Å². The summed E-state index contributed by atoms with van der Waals surface area (Å²) in [6.07, 6.45) is 0. The van der Waals surface area contributed by atoms with Crippen molar-refractivity contribution in [2.24, 2.45) is 0 Å². The van der Waals surface area contributed by atoms with Crippen LogP contribution in [0.2, 0.25) is 0 Å². The normalized spacial score (nSPS) is 16.0. The van der Waals surface area contributed by atoms with Gasteiger partial charge in [-0.2, -0.15) is 0 Å². The van der Waals surface area contributed by atoms with Gasteiger partial charge in [-0.25, -0.2) is 9.59 Å². The fourth-order valence-electron chi connectivity index (χ4n) is 2.07. The molecule has 0 saturated heterocycles. The Morgan fingerprint density at radius 1 is 1.50 bits per heavy atom. The fraction of sp³-hybridized carbons (Fsp3) is 0.692. The first-order chi connectivity index (χ1) is 9.23. The molecule has 20 heavy (non-hydrogen) atoms. The molecular weight excluding hydrogens is 262 g/mol. The number of carbonyl (C=O) groups excluding carboxylic acids is 2. The van der Waals surface area contributed by atoms with Gasteiger partial charge in [-0.15, -0.1) is 0 Å². The zero-order valence-corrected chi connectivity index (χ0v) is 12.4. The van der Waals surface area contributed by atoms with E-state index in [4.69, 9.17) is 4.74 Å². The third-order valence-corrected chi connectivity index (χ3v) is 2.66. The number of hydrogen-bond donors (Lipinski definition) is 3. The SMILES string of the molecule is CCOC(=O)C1=C(CN(C)CC(C)(C)O)NC(=O)NC1. The minimum absolute atomic E-state index is 0.149. The van der Waals surface area contributed by atoms with Gasteiger partial charge in [0.2, 0.25) is 0 Å². The van der Waals surface area contributed by atoms with E-state index in [0.717, 1.165) is 0 Å². The number of amides is 2. The molecule has 0 aromatic carbocycles. The first kappa shape index (κ1) is 16.5. The van der Waals surface area contributed by atoms with Crippen molar-refractivity contribution in [3.8, 4) is 0 Å². The molecule has 0 fully saturated rings. The molecule has 7 heteroatoms. The lowest BCUT2D eigenvalue weighted by Crippen LogP contribution is -2.47. The predicted molar refractivity (Wildman–Crippen MR) is 74.0 cm³/mol. The van der Waals surface area contributed by atoms with Gasteiger partial charge in [0.1, 0.15) is 0 Å². The van der Waals surface area contributed by atoms with Gasteiger partial charge in [0.05, 0.1) is 24.3 Å². The number of urea groups is 1. The Morgan fingerprint density at radius 2 is 2.15 bits per heavy atom. The van der Waals surface area contributed by atoms with Gasteiger partial charge in [0.25, 0.3) is 0 Å². The van der Waals surface area contributed by atoms with Gasteiger partial charge >= 0.3 is 12.0 Å². The zero-order chi connectivity index (χ0) is 15.3. The maximum absolute atomic E-state index is 11.8. The summed E-state index contributed by atoms with van der Waals surface area (Å²) in [4.78, 5) is 25.1. The highest BCUT2D eigenvalue weighted by Crippen LogP contribution is 2.11. The molecule has 0 aliphatic carbocycles. The van der Waals surface area contributed by atoms with Gasteiger partial charge in [-0.05, 0) is 27.8 Å². The topological polar surface area (TPSA) is 90.9 Å². The Hall–Kier alpha value is -1.60. The van der Waals surface area contributed by atoms with Crippen LogP contribution in [-0.2, 0) is 9.53 Å². The van der Waals surface area contributed by atoms with Crippen LogP contribution in [0.1, 0.15) is 20.8 Å². The first-order valence-corrected chi connectivity index (χ1v) is 6.58. The minimum atomic E-state index is -0.851. The van der Waals surface area contributed by atoms with Crippen LogP contribution in [0.25, 0.3) is 0 Å². The molecule has 114 valence electrons. The average molecular weight is 285 g/mol. The van der Waals surface area contributed by atoms with E-state index in [0.29, 0.717) is 24.4 Å². The third-order valence-electron chi connectivity index (χ3n) is 2.66. The van der Waals surface area contributed by atoms with Crippen molar-refractivity contribution >= 4 is 12.0 Å². The quantitative estimate of drug-likeness (QED) is 0.589. The second kappa shape index (κ2) is 6.71. The van der Waals surface area contributed by atoms with E-state index < -0.39 is 11.6 Å². The fourth-order valence-corrected chi connectivity index (χ4v) is 2.07. The summed E-state index contributed by atoms with van der Waals surface area (Å²) >= 11 is 0. The highest BCUT2D eigenvalue weighted by molar-refractivity contribution is 5.93. The maximum atomic E-state index is 11.8. The minimum Gasteiger partial charge on any atom is -0.463 e. The van der Waals surface area contributed by atoms with Crippen molar-refractivity contribution in [2.75, 3.05) is 33.3 Å². The molecule has 1 aliphatic rings. The van der Waals surface area contributed by atoms with Crippen molar-refractivity contribution in [1.82, 2.24) is 15.5 Å². The van der Waals surface area contributed by atoms with Crippen LogP contribution in [-0.4, -0.2) is 60.9 Å². The second-order valence-electron chi connectivity index (χ2n) is 5.47. The largest absolute Gasteiger partial charge is 0.463 e. The van der Waals surface area contributed by atoms with Gasteiger partial charge in [-0.1, -0.05) is 0 Å². The molecule has 0 aromatic heterocycles. The number of likely N-dealkylation sites (N-methyl/N-ethyl adjacent to an activating group) is 1. The number of esters is 1. The summed E-state index contributed by atoms with van der Waals surface area (Å²) in [5.74, 6) is -0.438. The van der Waals surface area contributed by atoms with E-state index in [-0.39, 0.29) is 19.2 Å². The lowest BCUT2D eigenvalue weighted by atomic mass is 10.1. The second-order valence-corrected chi connectivity index (χ2v) is 5.47. The molecule has 0 unspecified atom stereocenters. The van der Waals surface area contributed by atoms with Gasteiger partial charge < -0.3 is 20.5 Å². The Balaban J connectivity index is 2.83. The molecule has 1 heterocycles. The van der Waals surface area contributed by atoms with Gasteiger partial charge in [0, 0.05) is 18.8 Å². The highest BCUT2D eigenvalue weighted by atomic mass is 16.5. The smallest absolute Gasteiger partial charge is 0.337 e. The molecule has 1 aliphatic heterocycles. The Kier molecular flexibility index (Phi) is 5.52. The Labute approximate surface area is 119 Å². The third kappa shape index (κ3) is 5.18. The first-order valence-electron chi connectivity index (χ1n) is 6.58. The van der Waals surface area contributed by atoms with Crippen LogP contribution >= 0.6 is 0 Å². The Morgan fingerprint density at radius 3 is 2.70 bits per heavy atom. The lowest BCUT2D eigenvalue weighted by Gasteiger charge is -2.28. The molecule has 3 N–H and O–H groups in total. The number of rotatable bonds is 6. The summed E-state index contributed by atoms with van der Waals surface area (Å²) in [6, 6.07) is -0.343. The zero-order valence-electron chi connectivity index (χ0n) is 12.4. The molecule has 2 amide bonds. The van der Waals surface area contributed by atoms with Crippen molar-refractivity contribution in [3.63, 3.8) is 0 Å². The summed E-state index contributed by atoms with van der Waals surface area (Å²) < 4.78 is 4.97. The summed E-state index contributed by atoms with van der Waals surface area (Å²) in [5.41, 5.74) is 0.0732. The molecule has 1 rings (SSSR count). The molecule has 0 saturated carbocycles. The van der Waals surface area contributed by atoms with E-state index in [2.05, 4.69) is 10.6 Å². The number of ether oxygens (including phenoxy) is 1. The van der Waals surface area contributed by atoms with Crippen molar-refractivity contribution in [3.05, 3.63) is 11.3 Å². The van der Waals surface area contributed by atoms with Crippen molar-refractivity contribution in [2.45, 2.75) is 26.4 Å². The number of nitrogens with zero attached hydrogens (tertiary/aromatic N) is 1. The molecule has 0 spiro atoms. The van der Waals surface area contributed by atoms with Crippen molar-refractivity contribution < 1.29 is 19.4 Å². The van der Waals surface area contributed by atoms with E-state index in [1.807, 2.05) is 11.9 Å². The number of hydrogen-bond acceptors (Lipinski definition) is 5. The van der Waals surface area contributed by atoms with E-state index >= 15 is 0 Å². The van der Waals surface area contributed by atoms with Gasteiger partial charge in [-0.3, -0.25) is 4.90 Å². The molecule has 0 bridgehead atoms. The number of aliphatic hydroxyl groups is 1. The van der Waals surface area contributed by atoms with E-state index in [1.54, 1.807) is 20.8 Å². The molecular formula is C13H23N3O4. The van der Waals surface area contributed by atoms with Crippen molar-refractivity contribution in [1.29, 1.82) is 0 Å². The summed E-state index contributed by atoms with van der Waals surface area (Å²) in [7, 11) is 1.81. The molecule has 7 nitrogen and oxygen atoms in total. The van der Waals surface area contributed by atoms with Crippen LogP contribution in [0.4, 0.5) is 4.79 Å². The number of carbonyl (C=O) groups is 2. The average Bonchev–Trinajstić information content (AvgIpc) is 2.26.